The Labute approximate surface area is 225 Å². The SMILES string of the molecule is CC1=C[C@@H](O[Si](C)(C)C(C)(C)C)CC(C)(C)C1=O.CC1=C[C@@H](O[Si](C)(C)C(C)(C)C)CC(C)(C)[C@H]1O. The number of aliphatic hydroxyl groups is 1. The number of allylic oxidation sites excluding steroid dienone is 1. The van der Waals surface area contributed by atoms with E-state index in [1.807, 2.05) is 33.8 Å². The standard InChI is InChI=1S/C15H30O2Si.C15H28O2Si/c2*1-11-9-12(10-15(5,6)13(11)16)17-18(7,8)14(2,3)4/h9,12-13,16H,10H2,1-8H3;9,12H,10H2,1-8H3/t12-,13+;12-/m11/s1. The fraction of sp³-hybridized carbons (Fsp3) is 0.833. The van der Waals surface area contributed by atoms with Crippen LogP contribution in [0.2, 0.25) is 36.3 Å². The molecule has 0 aromatic heterocycles. The zero-order chi connectivity index (χ0) is 28.7. The lowest BCUT2D eigenvalue weighted by Gasteiger charge is -2.44. The van der Waals surface area contributed by atoms with Crippen LogP contribution >= 0.6 is 0 Å². The summed E-state index contributed by atoms with van der Waals surface area (Å²) in [7, 11) is -3.49. The zero-order valence-corrected chi connectivity index (χ0v) is 28.5. The largest absolute Gasteiger partial charge is 0.411 e. The molecule has 0 saturated heterocycles. The van der Waals surface area contributed by atoms with Gasteiger partial charge in [0, 0.05) is 5.41 Å². The molecule has 210 valence electrons. The van der Waals surface area contributed by atoms with Gasteiger partial charge in [-0.25, -0.2) is 0 Å². The quantitative estimate of drug-likeness (QED) is 0.288. The van der Waals surface area contributed by atoms with Gasteiger partial charge in [0.05, 0.1) is 18.3 Å². The van der Waals surface area contributed by atoms with Crippen molar-refractivity contribution in [1.29, 1.82) is 0 Å². The molecule has 0 bridgehead atoms. The second kappa shape index (κ2) is 10.9. The molecule has 0 aromatic rings. The first kappa shape index (κ1) is 33.5. The van der Waals surface area contributed by atoms with E-state index < -0.39 is 16.6 Å². The Bertz CT molecular complexity index is 851. The molecule has 0 aromatic carbocycles. The normalized spacial score (nSPS) is 27.0. The van der Waals surface area contributed by atoms with Gasteiger partial charge in [-0.15, -0.1) is 0 Å². The highest BCUT2D eigenvalue weighted by atomic mass is 28.4. The van der Waals surface area contributed by atoms with Crippen LogP contribution < -0.4 is 0 Å². The van der Waals surface area contributed by atoms with Crippen molar-refractivity contribution in [1.82, 2.24) is 0 Å². The summed E-state index contributed by atoms with van der Waals surface area (Å²) in [4.78, 5) is 12.0. The number of carbonyl (C=O) groups excluding carboxylic acids is 1. The monoisotopic (exact) mass is 538 g/mol. The van der Waals surface area contributed by atoms with Gasteiger partial charge in [0.1, 0.15) is 0 Å². The van der Waals surface area contributed by atoms with Crippen LogP contribution in [0.1, 0.15) is 95.9 Å². The molecule has 3 atom stereocenters. The Balaban J connectivity index is 0.000000360. The van der Waals surface area contributed by atoms with Crippen LogP contribution in [0.3, 0.4) is 0 Å². The van der Waals surface area contributed by atoms with E-state index in [4.69, 9.17) is 8.85 Å². The minimum Gasteiger partial charge on any atom is -0.411 e. The molecule has 2 rings (SSSR count). The maximum atomic E-state index is 12.0. The molecule has 6 heteroatoms. The topological polar surface area (TPSA) is 55.8 Å². The highest BCUT2D eigenvalue weighted by Crippen LogP contribution is 2.43. The number of carbonyl (C=O) groups is 1. The van der Waals surface area contributed by atoms with E-state index in [9.17, 15) is 9.90 Å². The highest BCUT2D eigenvalue weighted by molar-refractivity contribution is 6.74. The van der Waals surface area contributed by atoms with Gasteiger partial charge in [-0.2, -0.15) is 0 Å². The summed E-state index contributed by atoms with van der Waals surface area (Å²) in [5.41, 5.74) is 1.53. The van der Waals surface area contributed by atoms with Crippen LogP contribution in [0.15, 0.2) is 23.3 Å². The summed E-state index contributed by atoms with van der Waals surface area (Å²) in [6, 6.07) is 0. The number of hydrogen-bond donors (Lipinski definition) is 1. The number of aliphatic hydroxyl groups excluding tert-OH is 1. The second-order valence-electron chi connectivity index (χ2n) is 15.6. The van der Waals surface area contributed by atoms with Crippen molar-refractivity contribution in [3.8, 4) is 0 Å². The Morgan fingerprint density at radius 3 is 1.53 bits per heavy atom. The fourth-order valence-electron chi connectivity index (χ4n) is 4.49. The van der Waals surface area contributed by atoms with Crippen LogP contribution in [-0.2, 0) is 13.6 Å². The van der Waals surface area contributed by atoms with Gasteiger partial charge in [-0.05, 0) is 79.5 Å². The lowest BCUT2D eigenvalue weighted by molar-refractivity contribution is -0.125. The predicted molar refractivity (Wildman–Crippen MR) is 159 cm³/mol. The number of Topliss-reactive ketones (excluding diaryl/α,β-unsaturated/α-hetero) is 1. The molecule has 1 N–H and O–H groups in total. The lowest BCUT2D eigenvalue weighted by atomic mass is 9.74. The van der Waals surface area contributed by atoms with Crippen LogP contribution in [0.25, 0.3) is 0 Å². The van der Waals surface area contributed by atoms with E-state index in [2.05, 4.69) is 87.7 Å². The summed E-state index contributed by atoms with van der Waals surface area (Å²) in [6.45, 7) is 34.8. The van der Waals surface area contributed by atoms with Crippen LogP contribution in [-0.4, -0.2) is 45.8 Å². The van der Waals surface area contributed by atoms with E-state index in [-0.39, 0.29) is 45.0 Å². The molecule has 0 aliphatic heterocycles. The summed E-state index contributed by atoms with van der Waals surface area (Å²) in [5, 5.41) is 10.6. The first-order valence-electron chi connectivity index (χ1n) is 13.7. The average Bonchev–Trinajstić information content (AvgIpc) is 2.61. The summed E-state index contributed by atoms with van der Waals surface area (Å²) in [5.74, 6) is 0.262. The maximum Gasteiger partial charge on any atom is 0.192 e. The van der Waals surface area contributed by atoms with Crippen molar-refractivity contribution < 1.29 is 18.8 Å². The zero-order valence-electron chi connectivity index (χ0n) is 26.5. The molecular formula is C30H58O4Si2. The van der Waals surface area contributed by atoms with Gasteiger partial charge in [0.25, 0.3) is 0 Å². The Morgan fingerprint density at radius 1 is 0.806 bits per heavy atom. The summed E-state index contributed by atoms with van der Waals surface area (Å²) >= 11 is 0. The van der Waals surface area contributed by atoms with E-state index in [0.717, 1.165) is 24.0 Å². The van der Waals surface area contributed by atoms with Crippen molar-refractivity contribution in [2.75, 3.05) is 0 Å². The molecule has 0 spiro atoms. The Kier molecular flexibility index (Phi) is 10.2. The minimum atomic E-state index is -1.76. The lowest BCUT2D eigenvalue weighted by Crippen LogP contribution is -2.47. The van der Waals surface area contributed by atoms with Crippen LogP contribution in [0, 0.1) is 10.8 Å². The first-order chi connectivity index (χ1) is 15.7. The van der Waals surface area contributed by atoms with Crippen molar-refractivity contribution in [2.45, 2.75) is 151 Å². The molecule has 0 unspecified atom stereocenters. The molecule has 2 aliphatic rings. The molecular weight excluding hydrogens is 480 g/mol. The molecule has 0 saturated carbocycles. The van der Waals surface area contributed by atoms with Gasteiger partial charge < -0.3 is 14.0 Å². The van der Waals surface area contributed by atoms with Gasteiger partial charge in [0.15, 0.2) is 22.4 Å². The molecule has 36 heavy (non-hydrogen) atoms. The maximum absolute atomic E-state index is 12.0. The molecule has 0 radical (unpaired) electrons. The van der Waals surface area contributed by atoms with E-state index in [1.54, 1.807) is 0 Å². The fourth-order valence-corrected chi connectivity index (χ4v) is 7.02. The smallest absolute Gasteiger partial charge is 0.192 e. The summed E-state index contributed by atoms with van der Waals surface area (Å²) < 4.78 is 12.9. The third-order valence-electron chi connectivity index (χ3n) is 8.97. The Morgan fingerprint density at radius 2 is 1.19 bits per heavy atom. The van der Waals surface area contributed by atoms with E-state index >= 15 is 0 Å². The highest BCUT2D eigenvalue weighted by Gasteiger charge is 2.44. The van der Waals surface area contributed by atoms with Gasteiger partial charge >= 0.3 is 0 Å². The van der Waals surface area contributed by atoms with Gasteiger partial charge in [0.2, 0.25) is 0 Å². The number of rotatable bonds is 4. The van der Waals surface area contributed by atoms with Crippen molar-refractivity contribution >= 4 is 22.4 Å². The average molecular weight is 539 g/mol. The van der Waals surface area contributed by atoms with Crippen molar-refractivity contribution in [2.24, 2.45) is 10.8 Å². The van der Waals surface area contributed by atoms with E-state index in [1.165, 1.54) is 0 Å². The second-order valence-corrected chi connectivity index (χ2v) is 25.1. The summed E-state index contributed by atoms with van der Waals surface area (Å²) in [6.07, 6.45) is 5.76. The van der Waals surface area contributed by atoms with Gasteiger partial charge in [-0.1, -0.05) is 81.4 Å². The predicted octanol–water partition coefficient (Wildman–Crippen LogP) is 8.44. The molecule has 2 aliphatic carbocycles. The third kappa shape index (κ3) is 8.23. The molecule has 0 heterocycles. The molecule has 4 nitrogen and oxygen atoms in total. The molecule has 0 fully saturated rings. The van der Waals surface area contributed by atoms with Gasteiger partial charge in [-0.3, -0.25) is 4.79 Å². The van der Waals surface area contributed by atoms with Crippen LogP contribution in [0.4, 0.5) is 0 Å². The molecule has 0 amide bonds. The van der Waals surface area contributed by atoms with Crippen molar-refractivity contribution in [3.05, 3.63) is 23.3 Å². The number of ketones is 1. The first-order valence-corrected chi connectivity index (χ1v) is 19.5. The third-order valence-corrected chi connectivity index (χ3v) is 18.0. The van der Waals surface area contributed by atoms with E-state index in [0.29, 0.717) is 0 Å². The van der Waals surface area contributed by atoms with Crippen LogP contribution in [0.5, 0.6) is 0 Å². The van der Waals surface area contributed by atoms with Crippen molar-refractivity contribution in [3.63, 3.8) is 0 Å². The Hall–Kier alpha value is -0.536. The number of hydrogen-bond acceptors (Lipinski definition) is 4. The minimum absolute atomic E-state index is 0.0914.